The van der Waals surface area contributed by atoms with Gasteiger partial charge in [-0.25, -0.2) is 9.97 Å². The molecule has 1 aromatic carbocycles. The van der Waals surface area contributed by atoms with Crippen molar-refractivity contribution in [2.75, 3.05) is 12.4 Å². The van der Waals surface area contributed by atoms with Gasteiger partial charge < -0.3 is 10.1 Å². The van der Waals surface area contributed by atoms with Gasteiger partial charge in [0.15, 0.2) is 0 Å². The monoisotopic (exact) mass is 375 g/mol. The van der Waals surface area contributed by atoms with Gasteiger partial charge in [0.05, 0.1) is 29.6 Å². The van der Waals surface area contributed by atoms with Gasteiger partial charge in [0.1, 0.15) is 5.75 Å². The van der Waals surface area contributed by atoms with Crippen LogP contribution in [0.15, 0.2) is 66.6 Å². The molecule has 0 unspecified atom stereocenters. The number of aromatic nitrogens is 4. The van der Waals surface area contributed by atoms with Crippen molar-refractivity contribution in [2.24, 2.45) is 0 Å². The zero-order valence-electron chi connectivity index (χ0n) is 14.7. The molecule has 0 aliphatic heterocycles. The molecule has 0 fully saturated rings. The lowest BCUT2D eigenvalue weighted by atomic mass is 10.1. The van der Waals surface area contributed by atoms with Gasteiger partial charge in [0.2, 0.25) is 5.95 Å². The first-order valence-corrected chi connectivity index (χ1v) is 9.26. The molecule has 4 aromatic rings. The molecule has 0 spiro atoms. The lowest BCUT2D eigenvalue weighted by Gasteiger charge is -2.11. The smallest absolute Gasteiger partial charge is 0.223 e. The molecule has 0 atom stereocenters. The maximum Gasteiger partial charge on any atom is 0.223 e. The van der Waals surface area contributed by atoms with Crippen LogP contribution in [-0.2, 0) is 6.54 Å². The Bertz CT molecular complexity index is 1020. The van der Waals surface area contributed by atoms with Crippen LogP contribution >= 0.6 is 11.3 Å². The molecule has 27 heavy (non-hydrogen) atoms. The number of hydrogen-bond donors (Lipinski definition) is 1. The topological polar surface area (TPSA) is 72.8 Å². The Kier molecular flexibility index (Phi) is 5.02. The Morgan fingerprint density at radius 2 is 1.96 bits per heavy atom. The molecule has 0 saturated heterocycles. The summed E-state index contributed by atoms with van der Waals surface area (Å²) in [4.78, 5) is 18.8. The van der Waals surface area contributed by atoms with Gasteiger partial charge in [-0.1, -0.05) is 24.3 Å². The molecule has 134 valence electrons. The standard InChI is InChI=1S/C20H17N5OS/c1-26-17-6-3-2-5-14(17)11-23-20-24-12-15(16-13-21-8-9-22-16)19(25-20)18-7-4-10-27-18/h2-10,12-13H,11H2,1H3,(H,23,24,25). The second-order valence-electron chi connectivity index (χ2n) is 5.69. The molecule has 0 radical (unpaired) electrons. The molecular formula is C20H17N5OS. The largest absolute Gasteiger partial charge is 0.496 e. The first-order chi connectivity index (χ1) is 13.3. The maximum atomic E-state index is 5.40. The molecule has 4 rings (SSSR count). The van der Waals surface area contributed by atoms with Crippen LogP contribution in [0.25, 0.3) is 21.8 Å². The SMILES string of the molecule is COc1ccccc1CNc1ncc(-c2cnccn2)c(-c2cccs2)n1. The van der Waals surface area contributed by atoms with E-state index in [4.69, 9.17) is 9.72 Å². The van der Waals surface area contributed by atoms with E-state index in [2.05, 4.69) is 20.3 Å². The van der Waals surface area contributed by atoms with E-state index < -0.39 is 0 Å². The van der Waals surface area contributed by atoms with E-state index in [9.17, 15) is 0 Å². The van der Waals surface area contributed by atoms with Gasteiger partial charge >= 0.3 is 0 Å². The van der Waals surface area contributed by atoms with Crippen LogP contribution in [-0.4, -0.2) is 27.0 Å². The Morgan fingerprint density at radius 1 is 1.04 bits per heavy atom. The van der Waals surface area contributed by atoms with E-state index in [0.717, 1.165) is 33.1 Å². The zero-order valence-corrected chi connectivity index (χ0v) is 15.5. The predicted molar refractivity (Wildman–Crippen MR) is 107 cm³/mol. The minimum atomic E-state index is 0.553. The Balaban J connectivity index is 1.66. The summed E-state index contributed by atoms with van der Waals surface area (Å²) >= 11 is 1.63. The van der Waals surface area contributed by atoms with Crippen molar-refractivity contribution < 1.29 is 4.74 Å². The van der Waals surface area contributed by atoms with E-state index in [1.54, 1.807) is 43.2 Å². The fraction of sp³-hybridized carbons (Fsp3) is 0.100. The number of para-hydroxylation sites is 1. The minimum Gasteiger partial charge on any atom is -0.496 e. The average Bonchev–Trinajstić information content (AvgIpc) is 3.28. The molecule has 0 bridgehead atoms. The number of thiophene rings is 1. The maximum absolute atomic E-state index is 5.40. The Morgan fingerprint density at radius 3 is 2.74 bits per heavy atom. The third kappa shape index (κ3) is 3.78. The van der Waals surface area contributed by atoms with Gasteiger partial charge in [0, 0.05) is 36.3 Å². The van der Waals surface area contributed by atoms with Crippen LogP contribution in [0.3, 0.4) is 0 Å². The van der Waals surface area contributed by atoms with Crippen LogP contribution in [0.2, 0.25) is 0 Å². The van der Waals surface area contributed by atoms with Crippen molar-refractivity contribution in [3.8, 4) is 27.6 Å². The van der Waals surface area contributed by atoms with Crippen LogP contribution < -0.4 is 10.1 Å². The summed E-state index contributed by atoms with van der Waals surface area (Å²) in [5.74, 6) is 1.39. The van der Waals surface area contributed by atoms with Gasteiger partial charge in [-0.05, 0) is 17.5 Å². The summed E-state index contributed by atoms with van der Waals surface area (Å²) in [6.45, 7) is 0.568. The molecule has 3 aromatic heterocycles. The number of hydrogen-bond acceptors (Lipinski definition) is 7. The van der Waals surface area contributed by atoms with Crippen LogP contribution in [0.4, 0.5) is 5.95 Å². The van der Waals surface area contributed by atoms with Crippen molar-refractivity contribution in [1.29, 1.82) is 0 Å². The first kappa shape index (κ1) is 17.1. The summed E-state index contributed by atoms with van der Waals surface area (Å²) in [6.07, 6.45) is 6.83. The van der Waals surface area contributed by atoms with E-state index >= 15 is 0 Å². The molecular weight excluding hydrogens is 358 g/mol. The third-order valence-corrected chi connectivity index (χ3v) is 4.89. The molecule has 0 amide bonds. The second-order valence-corrected chi connectivity index (χ2v) is 6.64. The summed E-state index contributed by atoms with van der Waals surface area (Å²) in [5.41, 5.74) is 3.48. The fourth-order valence-electron chi connectivity index (χ4n) is 2.72. The second kappa shape index (κ2) is 7.92. The molecule has 3 heterocycles. The molecule has 0 aliphatic carbocycles. The highest BCUT2D eigenvalue weighted by Crippen LogP contribution is 2.32. The lowest BCUT2D eigenvalue weighted by molar-refractivity contribution is 0.410. The van der Waals surface area contributed by atoms with E-state index in [1.807, 2.05) is 41.8 Å². The molecule has 6 nitrogen and oxygen atoms in total. The molecule has 0 saturated carbocycles. The van der Waals surface area contributed by atoms with E-state index in [0.29, 0.717) is 12.5 Å². The zero-order chi connectivity index (χ0) is 18.5. The highest BCUT2D eigenvalue weighted by atomic mass is 32.1. The average molecular weight is 375 g/mol. The van der Waals surface area contributed by atoms with Gasteiger partial charge in [-0.3, -0.25) is 9.97 Å². The lowest BCUT2D eigenvalue weighted by Crippen LogP contribution is -2.06. The van der Waals surface area contributed by atoms with E-state index in [1.165, 1.54) is 0 Å². The predicted octanol–water partition coefficient (Wildman–Crippen LogP) is 4.28. The van der Waals surface area contributed by atoms with Crippen molar-refractivity contribution >= 4 is 17.3 Å². The summed E-state index contributed by atoms with van der Waals surface area (Å²) in [7, 11) is 1.67. The molecule has 1 N–H and O–H groups in total. The molecule has 7 heteroatoms. The van der Waals surface area contributed by atoms with Crippen LogP contribution in [0, 0.1) is 0 Å². The Hall–Kier alpha value is -3.32. The minimum absolute atomic E-state index is 0.553. The number of nitrogens with zero attached hydrogens (tertiary/aromatic N) is 4. The van der Waals surface area contributed by atoms with E-state index in [-0.39, 0.29) is 0 Å². The van der Waals surface area contributed by atoms with Crippen molar-refractivity contribution in [2.45, 2.75) is 6.54 Å². The number of rotatable bonds is 6. The summed E-state index contributed by atoms with van der Waals surface area (Å²) in [5, 5.41) is 5.31. The Labute approximate surface area is 161 Å². The fourth-order valence-corrected chi connectivity index (χ4v) is 3.45. The van der Waals surface area contributed by atoms with Crippen molar-refractivity contribution in [1.82, 2.24) is 19.9 Å². The van der Waals surface area contributed by atoms with Gasteiger partial charge in [-0.15, -0.1) is 11.3 Å². The number of benzene rings is 1. The van der Waals surface area contributed by atoms with Crippen LogP contribution in [0.1, 0.15) is 5.56 Å². The number of methoxy groups -OCH3 is 1. The number of ether oxygens (including phenoxy) is 1. The quantitative estimate of drug-likeness (QED) is 0.542. The third-order valence-electron chi connectivity index (χ3n) is 4.01. The number of nitrogens with one attached hydrogen (secondary N) is 1. The van der Waals surface area contributed by atoms with Crippen molar-refractivity contribution in [3.05, 3.63) is 72.1 Å². The van der Waals surface area contributed by atoms with Crippen LogP contribution in [0.5, 0.6) is 5.75 Å². The summed E-state index contributed by atoms with van der Waals surface area (Å²) in [6, 6.07) is 11.9. The van der Waals surface area contributed by atoms with Gasteiger partial charge in [-0.2, -0.15) is 0 Å². The van der Waals surface area contributed by atoms with Gasteiger partial charge in [0.25, 0.3) is 0 Å². The number of anilines is 1. The van der Waals surface area contributed by atoms with Crippen molar-refractivity contribution in [3.63, 3.8) is 0 Å². The highest BCUT2D eigenvalue weighted by molar-refractivity contribution is 7.13. The summed E-state index contributed by atoms with van der Waals surface area (Å²) < 4.78 is 5.40. The normalized spacial score (nSPS) is 10.6. The molecule has 0 aliphatic rings. The first-order valence-electron chi connectivity index (χ1n) is 8.38. The highest BCUT2D eigenvalue weighted by Gasteiger charge is 2.14.